The Morgan fingerprint density at radius 1 is 1.32 bits per heavy atom. The van der Waals surface area contributed by atoms with Gasteiger partial charge in [-0.2, -0.15) is 5.10 Å². The zero-order chi connectivity index (χ0) is 17.8. The number of benzene rings is 2. The van der Waals surface area contributed by atoms with Crippen LogP contribution in [0.25, 0.3) is 11.3 Å². The second-order valence-electron chi connectivity index (χ2n) is 5.23. The van der Waals surface area contributed by atoms with Crippen molar-refractivity contribution in [3.63, 3.8) is 0 Å². The van der Waals surface area contributed by atoms with Crippen LogP contribution in [0.15, 0.2) is 52.9 Å². The summed E-state index contributed by atoms with van der Waals surface area (Å²) in [4.78, 5) is 14.8. The van der Waals surface area contributed by atoms with Crippen molar-refractivity contribution in [2.24, 2.45) is 5.10 Å². The van der Waals surface area contributed by atoms with Crippen molar-refractivity contribution in [2.75, 3.05) is 5.43 Å². The number of hydrogen-bond donors (Lipinski definition) is 2. The first-order valence-electron chi connectivity index (χ1n) is 7.32. The van der Waals surface area contributed by atoms with Gasteiger partial charge in [0.2, 0.25) is 5.13 Å². The first-order valence-corrected chi connectivity index (χ1v) is 8.20. The van der Waals surface area contributed by atoms with Gasteiger partial charge in [-0.3, -0.25) is 15.5 Å². The Morgan fingerprint density at radius 3 is 2.80 bits per heavy atom. The summed E-state index contributed by atoms with van der Waals surface area (Å²) in [6, 6.07) is 12.3. The first kappa shape index (κ1) is 16.6. The number of nitrogens with one attached hydrogen (secondary N) is 1. The number of thiazole rings is 1. The Hall–Kier alpha value is -3.26. The lowest BCUT2D eigenvalue weighted by molar-refractivity contribution is -0.384. The molecule has 25 heavy (non-hydrogen) atoms. The number of non-ortho nitro benzene ring substituents is 1. The fraction of sp³-hybridized carbons (Fsp3) is 0.0588. The normalized spacial score (nSPS) is 10.9. The molecule has 2 aromatic carbocycles. The number of anilines is 1. The van der Waals surface area contributed by atoms with Gasteiger partial charge in [0.25, 0.3) is 5.69 Å². The van der Waals surface area contributed by atoms with Gasteiger partial charge in [0.05, 0.1) is 16.8 Å². The number of nitro groups is 1. The molecular weight excluding hydrogens is 340 g/mol. The lowest BCUT2D eigenvalue weighted by atomic mass is 10.1. The molecule has 0 saturated heterocycles. The highest BCUT2D eigenvalue weighted by atomic mass is 32.1. The Bertz CT molecular complexity index is 938. The van der Waals surface area contributed by atoms with E-state index < -0.39 is 4.92 Å². The van der Waals surface area contributed by atoms with Crippen molar-refractivity contribution in [2.45, 2.75) is 6.92 Å². The van der Waals surface area contributed by atoms with Crippen LogP contribution in [0.5, 0.6) is 5.75 Å². The maximum absolute atomic E-state index is 10.9. The molecule has 0 aliphatic rings. The van der Waals surface area contributed by atoms with Crippen LogP contribution in [-0.4, -0.2) is 21.2 Å². The Morgan fingerprint density at radius 2 is 2.08 bits per heavy atom. The molecule has 0 amide bonds. The van der Waals surface area contributed by atoms with Gasteiger partial charge in [0, 0.05) is 28.6 Å². The molecule has 8 heteroatoms. The zero-order valence-electron chi connectivity index (χ0n) is 13.2. The second-order valence-corrected chi connectivity index (χ2v) is 6.09. The monoisotopic (exact) mass is 354 g/mol. The van der Waals surface area contributed by atoms with Gasteiger partial charge in [-0.05, 0) is 12.5 Å². The Kier molecular flexibility index (Phi) is 4.71. The highest BCUT2D eigenvalue weighted by Gasteiger charge is 2.12. The Labute approximate surface area is 147 Å². The number of aromatic hydroxyl groups is 1. The molecule has 0 spiro atoms. The molecule has 3 aromatic rings. The summed E-state index contributed by atoms with van der Waals surface area (Å²) in [5.41, 5.74) is 5.18. The summed E-state index contributed by atoms with van der Waals surface area (Å²) in [5.74, 6) is -0.0414. The molecule has 0 unspecified atom stereocenters. The number of hydrogen-bond acceptors (Lipinski definition) is 7. The minimum absolute atomic E-state index is 0.0414. The van der Waals surface area contributed by atoms with Crippen LogP contribution < -0.4 is 5.43 Å². The molecule has 1 aromatic heterocycles. The lowest BCUT2D eigenvalue weighted by Gasteiger charge is -2.03. The molecule has 0 fully saturated rings. The van der Waals surface area contributed by atoms with E-state index in [9.17, 15) is 15.2 Å². The van der Waals surface area contributed by atoms with Crippen molar-refractivity contribution < 1.29 is 10.0 Å². The van der Waals surface area contributed by atoms with E-state index in [2.05, 4.69) is 15.5 Å². The Balaban J connectivity index is 1.76. The predicted molar refractivity (Wildman–Crippen MR) is 98.3 cm³/mol. The van der Waals surface area contributed by atoms with E-state index in [4.69, 9.17) is 0 Å². The van der Waals surface area contributed by atoms with Gasteiger partial charge in [0.1, 0.15) is 5.75 Å². The van der Waals surface area contributed by atoms with E-state index in [1.165, 1.54) is 29.7 Å². The molecule has 3 rings (SSSR count). The number of phenolic OH excluding ortho intramolecular Hbond substituents is 1. The molecule has 0 saturated carbocycles. The summed E-state index contributed by atoms with van der Waals surface area (Å²) in [5, 5.41) is 27.4. The molecule has 0 bridgehead atoms. The predicted octanol–water partition coefficient (Wildman–Crippen LogP) is 4.18. The highest BCUT2D eigenvalue weighted by Crippen LogP contribution is 2.27. The molecule has 0 radical (unpaired) electrons. The minimum Gasteiger partial charge on any atom is -0.507 e. The SMILES string of the molecule is Cc1cc([N+](=O)[O-])cc(C=NNc2nc(-c3ccccc3)cs2)c1O. The number of aryl methyl sites for hydroxylation is 1. The van der Waals surface area contributed by atoms with Gasteiger partial charge in [-0.15, -0.1) is 11.3 Å². The van der Waals surface area contributed by atoms with Gasteiger partial charge in [-0.25, -0.2) is 4.98 Å². The van der Waals surface area contributed by atoms with Crippen LogP contribution in [0.1, 0.15) is 11.1 Å². The third-order valence-corrected chi connectivity index (χ3v) is 4.21. The van der Waals surface area contributed by atoms with Crippen LogP contribution in [0.3, 0.4) is 0 Å². The van der Waals surface area contributed by atoms with E-state index >= 15 is 0 Å². The van der Waals surface area contributed by atoms with E-state index in [0.29, 0.717) is 10.7 Å². The quantitative estimate of drug-likeness (QED) is 0.407. The van der Waals surface area contributed by atoms with Crippen LogP contribution in [0.4, 0.5) is 10.8 Å². The van der Waals surface area contributed by atoms with Gasteiger partial charge in [0.15, 0.2) is 0 Å². The molecule has 1 heterocycles. The summed E-state index contributed by atoms with van der Waals surface area (Å²) < 4.78 is 0. The van der Waals surface area contributed by atoms with Crippen molar-refractivity contribution >= 4 is 28.4 Å². The lowest BCUT2D eigenvalue weighted by Crippen LogP contribution is -1.95. The van der Waals surface area contributed by atoms with Crippen molar-refractivity contribution in [3.8, 4) is 17.0 Å². The number of aromatic nitrogens is 1. The maximum atomic E-state index is 10.9. The number of nitro benzene ring substituents is 1. The summed E-state index contributed by atoms with van der Waals surface area (Å²) in [6.07, 6.45) is 1.33. The van der Waals surface area contributed by atoms with Gasteiger partial charge in [-0.1, -0.05) is 30.3 Å². The molecule has 0 atom stereocenters. The van der Waals surface area contributed by atoms with Crippen LogP contribution in [-0.2, 0) is 0 Å². The number of phenols is 1. The van der Waals surface area contributed by atoms with E-state index in [1.807, 2.05) is 35.7 Å². The molecule has 126 valence electrons. The molecule has 0 aliphatic carbocycles. The van der Waals surface area contributed by atoms with Crippen molar-refractivity contribution in [1.82, 2.24) is 4.98 Å². The standard InChI is InChI=1S/C17H14N4O3S/c1-11-7-14(21(23)24)8-13(16(11)22)9-18-20-17-19-15(10-25-17)12-5-3-2-4-6-12/h2-10,22H,1H3,(H,19,20). The number of rotatable bonds is 5. The van der Waals surface area contributed by atoms with Gasteiger partial charge < -0.3 is 5.11 Å². The van der Waals surface area contributed by atoms with Crippen LogP contribution in [0, 0.1) is 17.0 Å². The third kappa shape index (κ3) is 3.81. The van der Waals surface area contributed by atoms with Crippen molar-refractivity contribution in [3.05, 3.63) is 69.1 Å². The van der Waals surface area contributed by atoms with E-state index in [-0.39, 0.29) is 17.0 Å². The molecule has 7 nitrogen and oxygen atoms in total. The average Bonchev–Trinajstić information content (AvgIpc) is 3.08. The molecule has 0 aliphatic heterocycles. The van der Waals surface area contributed by atoms with E-state index in [1.54, 1.807) is 6.92 Å². The minimum atomic E-state index is -0.510. The fourth-order valence-corrected chi connectivity index (χ4v) is 2.88. The molecule has 2 N–H and O–H groups in total. The first-order chi connectivity index (χ1) is 12.0. The summed E-state index contributed by atoms with van der Waals surface area (Å²) in [7, 11) is 0. The maximum Gasteiger partial charge on any atom is 0.270 e. The van der Waals surface area contributed by atoms with Crippen LogP contribution in [0.2, 0.25) is 0 Å². The number of hydrazone groups is 1. The largest absolute Gasteiger partial charge is 0.507 e. The van der Waals surface area contributed by atoms with Crippen LogP contribution >= 0.6 is 11.3 Å². The van der Waals surface area contributed by atoms with E-state index in [0.717, 1.165) is 11.3 Å². The topological polar surface area (TPSA) is 101 Å². The van der Waals surface area contributed by atoms with Gasteiger partial charge >= 0.3 is 0 Å². The van der Waals surface area contributed by atoms with Crippen molar-refractivity contribution in [1.29, 1.82) is 0 Å². The number of nitrogens with zero attached hydrogens (tertiary/aromatic N) is 3. The average molecular weight is 354 g/mol. The second kappa shape index (κ2) is 7.10. The summed E-state index contributed by atoms with van der Waals surface area (Å²) >= 11 is 1.39. The smallest absolute Gasteiger partial charge is 0.270 e. The highest BCUT2D eigenvalue weighted by molar-refractivity contribution is 7.14. The zero-order valence-corrected chi connectivity index (χ0v) is 14.0. The third-order valence-electron chi connectivity index (χ3n) is 3.46. The fourth-order valence-electron chi connectivity index (χ4n) is 2.21. The molecular formula is C17H14N4O3S. The summed E-state index contributed by atoms with van der Waals surface area (Å²) in [6.45, 7) is 1.60.